The van der Waals surface area contributed by atoms with E-state index in [0.29, 0.717) is 43.6 Å². The molecule has 7 heteroatoms. The number of hydrogen-bond acceptors (Lipinski definition) is 5. The highest BCUT2D eigenvalue weighted by molar-refractivity contribution is 14.1. The highest BCUT2D eigenvalue weighted by atomic mass is 127. The topological polar surface area (TPSA) is 70.8 Å². The van der Waals surface area contributed by atoms with Gasteiger partial charge in [-0.2, -0.15) is 0 Å². The summed E-state index contributed by atoms with van der Waals surface area (Å²) in [7, 11) is 3.98. The Hall–Kier alpha value is -0.900. The molecule has 0 saturated carbocycles. The van der Waals surface area contributed by atoms with Crippen molar-refractivity contribution in [2.45, 2.75) is 51.9 Å². The van der Waals surface area contributed by atoms with E-state index in [9.17, 15) is 4.79 Å². The minimum Gasteiger partial charge on any atom is -0.488 e. The van der Waals surface area contributed by atoms with E-state index in [-0.39, 0.29) is 11.6 Å². The van der Waals surface area contributed by atoms with Crippen molar-refractivity contribution < 1.29 is 23.5 Å². The molecule has 0 aliphatic heterocycles. The molecule has 0 aliphatic rings. The molecule has 0 saturated heterocycles. The molecule has 6 nitrogen and oxygen atoms in total. The molecule has 0 aliphatic carbocycles. The van der Waals surface area contributed by atoms with E-state index < -0.39 is 5.72 Å². The fourth-order valence-electron chi connectivity index (χ4n) is 2.63. The summed E-state index contributed by atoms with van der Waals surface area (Å²) in [6, 6.07) is 7.99. The Labute approximate surface area is 183 Å². The maximum atomic E-state index is 11.7. The number of nitrogens with zero attached hydrogens (tertiary/aromatic N) is 1. The minimum atomic E-state index is -0.761. The van der Waals surface area contributed by atoms with Crippen LogP contribution in [0.4, 0.5) is 0 Å². The van der Waals surface area contributed by atoms with Gasteiger partial charge >= 0.3 is 5.97 Å². The molecule has 0 radical (unpaired) electrons. The van der Waals surface area contributed by atoms with E-state index in [2.05, 4.69) is 22.6 Å². The fourth-order valence-corrected chi connectivity index (χ4v) is 2.99. The Balaban J connectivity index is 2.42. The fraction of sp³-hybridized carbons (Fsp3) is 0.667. The lowest BCUT2D eigenvalue weighted by molar-refractivity contribution is -0.884. The monoisotopic (exact) mass is 507 g/mol. The van der Waals surface area contributed by atoms with Crippen molar-refractivity contribution >= 4 is 28.6 Å². The van der Waals surface area contributed by atoms with Crippen molar-refractivity contribution in [3.8, 4) is 5.75 Å². The molecule has 0 heterocycles. The summed E-state index contributed by atoms with van der Waals surface area (Å²) in [6.45, 7) is 9.71. The summed E-state index contributed by atoms with van der Waals surface area (Å²) < 4.78 is 18.7. The maximum Gasteiger partial charge on any atom is 0.361 e. The Morgan fingerprint density at radius 1 is 1.14 bits per heavy atom. The smallest absolute Gasteiger partial charge is 0.361 e. The number of esters is 1. The van der Waals surface area contributed by atoms with Gasteiger partial charge < -0.3 is 24.4 Å². The van der Waals surface area contributed by atoms with Crippen LogP contribution in [0.15, 0.2) is 24.3 Å². The van der Waals surface area contributed by atoms with Crippen LogP contribution in [0.25, 0.3) is 0 Å². The first kappa shape index (κ1) is 25.1. The van der Waals surface area contributed by atoms with Gasteiger partial charge in [0.15, 0.2) is 6.54 Å². The first-order valence-corrected chi connectivity index (χ1v) is 10.8. The average Bonchev–Trinajstić information content (AvgIpc) is 2.54. The molecule has 0 bridgehead atoms. The van der Waals surface area contributed by atoms with Crippen molar-refractivity contribution in [3.05, 3.63) is 27.8 Å². The Kier molecular flexibility index (Phi) is 9.66. The van der Waals surface area contributed by atoms with Gasteiger partial charge in [-0.1, -0.05) is 0 Å². The van der Waals surface area contributed by atoms with Gasteiger partial charge in [-0.3, -0.25) is 0 Å². The lowest BCUT2D eigenvalue weighted by Gasteiger charge is -2.34. The van der Waals surface area contributed by atoms with E-state index in [4.69, 9.17) is 19.9 Å². The summed E-state index contributed by atoms with van der Waals surface area (Å²) in [6.07, 6.45) is 1.35. The number of hydrogen-bond donors (Lipinski definition) is 1. The molecule has 0 spiro atoms. The Morgan fingerprint density at radius 3 is 2.32 bits per heavy atom. The Morgan fingerprint density at radius 2 is 1.75 bits per heavy atom. The van der Waals surface area contributed by atoms with Crippen molar-refractivity contribution in [2.24, 2.45) is 5.73 Å². The summed E-state index contributed by atoms with van der Waals surface area (Å²) in [4.78, 5) is 11.7. The number of halogens is 1. The van der Waals surface area contributed by atoms with Gasteiger partial charge in [-0.15, -0.1) is 0 Å². The summed E-state index contributed by atoms with van der Waals surface area (Å²) >= 11 is 2.27. The van der Waals surface area contributed by atoms with Crippen LogP contribution < -0.4 is 10.5 Å². The van der Waals surface area contributed by atoms with Crippen molar-refractivity contribution in [3.63, 3.8) is 0 Å². The first-order valence-electron chi connectivity index (χ1n) is 9.69. The highest BCUT2D eigenvalue weighted by Crippen LogP contribution is 2.23. The summed E-state index contributed by atoms with van der Waals surface area (Å²) in [5.74, 6) is 0.653. The number of rotatable bonds is 12. The van der Waals surface area contributed by atoms with Crippen LogP contribution >= 0.6 is 22.6 Å². The van der Waals surface area contributed by atoms with Crippen LogP contribution in [0.2, 0.25) is 0 Å². The number of ether oxygens (including phenoxy) is 3. The summed E-state index contributed by atoms with van der Waals surface area (Å²) in [5.41, 5.74) is 5.20. The van der Waals surface area contributed by atoms with E-state index in [1.54, 1.807) is 0 Å². The van der Waals surface area contributed by atoms with Crippen LogP contribution in [0.5, 0.6) is 5.75 Å². The highest BCUT2D eigenvalue weighted by Gasteiger charge is 2.28. The molecule has 2 N–H and O–H groups in total. The van der Waals surface area contributed by atoms with Gasteiger partial charge in [-0.05, 0) is 74.6 Å². The zero-order valence-corrected chi connectivity index (χ0v) is 20.2. The summed E-state index contributed by atoms with van der Waals surface area (Å²) in [5, 5.41) is 0. The zero-order chi connectivity index (χ0) is 21.4. The maximum absolute atomic E-state index is 11.7. The predicted molar refractivity (Wildman–Crippen MR) is 120 cm³/mol. The van der Waals surface area contributed by atoms with Gasteiger partial charge in [-0.25, -0.2) is 4.79 Å². The minimum absolute atomic E-state index is 0.193. The molecule has 28 heavy (non-hydrogen) atoms. The molecule has 160 valence electrons. The van der Waals surface area contributed by atoms with E-state index in [1.165, 1.54) is 3.57 Å². The molecule has 0 amide bonds. The zero-order valence-electron chi connectivity index (χ0n) is 18.1. The average molecular weight is 507 g/mol. The first-order chi connectivity index (χ1) is 12.8. The molecule has 0 fully saturated rings. The molecule has 1 aromatic rings. The number of carbonyl (C=O) groups is 1. The molecular weight excluding hydrogens is 471 g/mol. The second-order valence-electron chi connectivity index (χ2n) is 8.60. The van der Waals surface area contributed by atoms with Crippen molar-refractivity contribution in [1.82, 2.24) is 0 Å². The SMILES string of the molecule is CCOC(=O)C[N+](C)(C)CCC(C)(N)OCCC(C)(C)Oc1ccc(I)cc1. The van der Waals surface area contributed by atoms with Gasteiger partial charge in [0.25, 0.3) is 0 Å². The number of likely N-dealkylation sites (N-methyl/N-ethyl adjacent to an activating group) is 1. The standard InChI is InChI=1S/C21H36IN2O4/c1-7-26-19(25)16-24(5,6)14-12-21(4,23)27-15-13-20(2,3)28-18-10-8-17(22)9-11-18/h8-11H,7,12-16,23H2,1-6H3/q+1. The largest absolute Gasteiger partial charge is 0.488 e. The van der Waals surface area contributed by atoms with Crippen LogP contribution in [-0.2, 0) is 14.3 Å². The van der Waals surface area contributed by atoms with Crippen molar-refractivity contribution in [1.29, 1.82) is 0 Å². The van der Waals surface area contributed by atoms with Crippen LogP contribution in [-0.4, -0.2) is 62.2 Å². The van der Waals surface area contributed by atoms with Crippen LogP contribution in [0.1, 0.15) is 40.5 Å². The normalized spacial score (nSPS) is 14.4. The third-order valence-corrected chi connectivity index (χ3v) is 5.14. The molecule has 0 aromatic heterocycles. The number of nitrogens with two attached hydrogens (primary N) is 1. The second-order valence-corrected chi connectivity index (χ2v) is 9.84. The molecule has 1 rings (SSSR count). The lowest BCUT2D eigenvalue weighted by Crippen LogP contribution is -2.50. The quantitative estimate of drug-likeness (QED) is 0.203. The van der Waals surface area contributed by atoms with Gasteiger partial charge in [0.05, 0.1) is 33.9 Å². The van der Waals surface area contributed by atoms with E-state index in [1.807, 2.05) is 66.1 Å². The van der Waals surface area contributed by atoms with E-state index in [0.717, 1.165) is 5.75 Å². The Bertz CT molecular complexity index is 615. The second kappa shape index (κ2) is 10.8. The lowest BCUT2D eigenvalue weighted by atomic mass is 10.1. The van der Waals surface area contributed by atoms with E-state index >= 15 is 0 Å². The van der Waals surface area contributed by atoms with Gasteiger partial charge in [0, 0.05) is 16.4 Å². The van der Waals surface area contributed by atoms with Gasteiger partial charge in [0.2, 0.25) is 0 Å². The molecule has 1 atom stereocenters. The van der Waals surface area contributed by atoms with Crippen LogP contribution in [0, 0.1) is 3.57 Å². The van der Waals surface area contributed by atoms with Gasteiger partial charge in [0.1, 0.15) is 17.1 Å². The number of carbonyl (C=O) groups excluding carboxylic acids is 1. The third-order valence-electron chi connectivity index (χ3n) is 4.42. The molecule has 1 aromatic carbocycles. The molecular formula is C21H36IN2O4+. The molecule has 1 unspecified atom stereocenters. The van der Waals surface area contributed by atoms with Crippen molar-refractivity contribution in [2.75, 3.05) is 40.4 Å². The van der Waals surface area contributed by atoms with Crippen LogP contribution in [0.3, 0.4) is 0 Å². The predicted octanol–water partition coefficient (Wildman–Crippen LogP) is 3.56. The third kappa shape index (κ3) is 10.6. The number of quaternary nitrogens is 1. The number of benzene rings is 1.